The highest BCUT2D eigenvalue weighted by Crippen LogP contribution is 2.20. The minimum Gasteiger partial charge on any atom is -0.322 e. The van der Waals surface area contributed by atoms with Crippen LogP contribution in [0.3, 0.4) is 0 Å². The van der Waals surface area contributed by atoms with Crippen LogP contribution >= 0.6 is 0 Å². The van der Waals surface area contributed by atoms with Gasteiger partial charge in [0.25, 0.3) is 5.91 Å². The Kier molecular flexibility index (Phi) is 4.94. The summed E-state index contributed by atoms with van der Waals surface area (Å²) in [6.45, 7) is 5.24. The fourth-order valence-corrected chi connectivity index (χ4v) is 2.46. The lowest BCUT2D eigenvalue weighted by molar-refractivity contribution is -0.111. The zero-order valence-corrected chi connectivity index (χ0v) is 14.3. The molecule has 0 aliphatic heterocycles. The summed E-state index contributed by atoms with van der Waals surface area (Å²) in [5, 5.41) is 9.91. The van der Waals surface area contributed by atoms with E-state index >= 15 is 0 Å². The van der Waals surface area contributed by atoms with E-state index in [9.17, 15) is 9.59 Å². The minimum absolute atomic E-state index is 0.333. The van der Waals surface area contributed by atoms with Crippen LogP contribution < -0.4 is 10.6 Å². The Bertz CT molecular complexity index is 961. The first kappa shape index (κ1) is 17.2. The molecule has 0 saturated carbocycles. The van der Waals surface area contributed by atoms with Crippen LogP contribution in [-0.2, 0) is 4.79 Å². The smallest absolute Gasteiger partial charge is 0.257 e. The topological polar surface area (TPSA) is 76.0 Å². The summed E-state index contributed by atoms with van der Waals surface area (Å²) in [6.07, 6.45) is 2.91. The molecule has 3 aromatic rings. The van der Waals surface area contributed by atoms with Crippen molar-refractivity contribution in [3.8, 4) is 5.69 Å². The lowest BCUT2D eigenvalue weighted by atomic mass is 10.1. The van der Waals surface area contributed by atoms with Gasteiger partial charge in [0, 0.05) is 0 Å². The molecule has 1 aromatic heterocycles. The summed E-state index contributed by atoms with van der Waals surface area (Å²) in [6, 6.07) is 16.4. The van der Waals surface area contributed by atoms with Gasteiger partial charge in [-0.3, -0.25) is 9.59 Å². The Balaban J connectivity index is 1.84. The van der Waals surface area contributed by atoms with E-state index in [-0.39, 0.29) is 11.8 Å². The zero-order valence-electron chi connectivity index (χ0n) is 14.3. The molecule has 2 N–H and O–H groups in total. The first-order valence-corrected chi connectivity index (χ1v) is 8.04. The maximum Gasteiger partial charge on any atom is 0.257 e. The van der Waals surface area contributed by atoms with Gasteiger partial charge in [0.2, 0.25) is 5.91 Å². The molecule has 0 saturated heterocycles. The van der Waals surface area contributed by atoms with Crippen molar-refractivity contribution in [1.82, 2.24) is 9.78 Å². The van der Waals surface area contributed by atoms with E-state index in [1.54, 1.807) is 35.1 Å². The number of carbonyl (C=O) groups excluding carboxylic acids is 2. The van der Waals surface area contributed by atoms with Gasteiger partial charge in [-0.25, -0.2) is 4.68 Å². The quantitative estimate of drug-likeness (QED) is 0.694. The van der Waals surface area contributed by atoms with Crippen LogP contribution in [0.2, 0.25) is 0 Å². The average Bonchev–Trinajstić information content (AvgIpc) is 3.03. The Labute approximate surface area is 151 Å². The van der Waals surface area contributed by atoms with Crippen LogP contribution in [0.1, 0.15) is 16.1 Å². The van der Waals surface area contributed by atoms with Crippen LogP contribution in [0, 0.1) is 6.92 Å². The number of carbonyl (C=O) groups is 2. The molecular formula is C20H18N4O2. The molecule has 0 atom stereocenters. The second-order valence-corrected chi connectivity index (χ2v) is 5.60. The Morgan fingerprint density at radius 1 is 1.00 bits per heavy atom. The van der Waals surface area contributed by atoms with Gasteiger partial charge in [0.1, 0.15) is 0 Å². The molecule has 0 spiro atoms. The molecule has 26 heavy (non-hydrogen) atoms. The predicted octanol–water partition coefficient (Wildman–Crippen LogP) is 3.56. The molecule has 3 rings (SSSR count). The second kappa shape index (κ2) is 7.48. The molecule has 0 bridgehead atoms. The van der Waals surface area contributed by atoms with Crippen molar-refractivity contribution in [1.29, 1.82) is 0 Å². The molecule has 6 nitrogen and oxygen atoms in total. The van der Waals surface area contributed by atoms with Gasteiger partial charge >= 0.3 is 0 Å². The molecule has 130 valence electrons. The van der Waals surface area contributed by atoms with Crippen molar-refractivity contribution in [3.63, 3.8) is 0 Å². The van der Waals surface area contributed by atoms with Gasteiger partial charge < -0.3 is 10.6 Å². The number of amides is 2. The highest BCUT2D eigenvalue weighted by Gasteiger charge is 2.15. The molecular weight excluding hydrogens is 328 g/mol. The van der Waals surface area contributed by atoms with Crippen LogP contribution in [0.5, 0.6) is 0 Å². The zero-order chi connectivity index (χ0) is 18.5. The monoisotopic (exact) mass is 346 g/mol. The van der Waals surface area contributed by atoms with Crippen molar-refractivity contribution in [2.75, 3.05) is 10.6 Å². The van der Waals surface area contributed by atoms with Crippen molar-refractivity contribution in [2.45, 2.75) is 6.92 Å². The van der Waals surface area contributed by atoms with E-state index in [1.165, 1.54) is 0 Å². The number of anilines is 2. The summed E-state index contributed by atoms with van der Waals surface area (Å²) in [7, 11) is 0. The van der Waals surface area contributed by atoms with Gasteiger partial charge in [-0.05, 0) is 37.3 Å². The third-order valence-corrected chi connectivity index (χ3v) is 3.78. The fraction of sp³-hybridized carbons (Fsp3) is 0.0500. The molecule has 1 heterocycles. The Hall–Kier alpha value is -3.67. The third kappa shape index (κ3) is 3.70. The normalized spacial score (nSPS) is 10.2. The summed E-state index contributed by atoms with van der Waals surface area (Å²) in [5.41, 5.74) is 2.96. The van der Waals surface area contributed by atoms with E-state index in [4.69, 9.17) is 0 Å². The molecule has 0 fully saturated rings. The fourth-order valence-electron chi connectivity index (χ4n) is 2.46. The highest BCUT2D eigenvalue weighted by molar-refractivity contribution is 6.11. The Morgan fingerprint density at radius 2 is 1.69 bits per heavy atom. The number of para-hydroxylation sites is 2. The highest BCUT2D eigenvalue weighted by atomic mass is 16.2. The van der Waals surface area contributed by atoms with Crippen molar-refractivity contribution < 1.29 is 9.59 Å². The summed E-state index contributed by atoms with van der Waals surface area (Å²) < 4.78 is 1.70. The van der Waals surface area contributed by atoms with Gasteiger partial charge in [-0.1, -0.05) is 36.9 Å². The first-order valence-electron chi connectivity index (χ1n) is 8.04. The maximum absolute atomic E-state index is 12.7. The number of benzene rings is 2. The van der Waals surface area contributed by atoms with Gasteiger partial charge in [0.05, 0.1) is 34.5 Å². The van der Waals surface area contributed by atoms with Gasteiger partial charge in [0.15, 0.2) is 0 Å². The molecule has 0 aliphatic carbocycles. The number of aryl methyl sites for hydroxylation is 1. The van der Waals surface area contributed by atoms with Crippen LogP contribution in [0.25, 0.3) is 5.69 Å². The number of nitrogens with one attached hydrogen (secondary N) is 2. The average molecular weight is 346 g/mol. The molecule has 0 aliphatic rings. The number of hydrogen-bond acceptors (Lipinski definition) is 3. The van der Waals surface area contributed by atoms with Crippen molar-refractivity contribution in [3.05, 3.63) is 84.7 Å². The number of nitrogens with zero attached hydrogens (tertiary/aromatic N) is 2. The maximum atomic E-state index is 12.7. The lowest BCUT2D eigenvalue weighted by Crippen LogP contribution is -2.17. The largest absolute Gasteiger partial charge is 0.322 e. The van der Waals surface area contributed by atoms with Crippen LogP contribution in [-0.4, -0.2) is 21.6 Å². The second-order valence-electron chi connectivity index (χ2n) is 5.60. The molecule has 2 aromatic carbocycles. The van der Waals surface area contributed by atoms with Gasteiger partial charge in [-0.15, -0.1) is 0 Å². The van der Waals surface area contributed by atoms with E-state index in [0.717, 1.165) is 11.8 Å². The number of aromatic nitrogens is 2. The summed E-state index contributed by atoms with van der Waals surface area (Å²) in [4.78, 5) is 24.2. The summed E-state index contributed by atoms with van der Waals surface area (Å²) in [5.74, 6) is -0.709. The van der Waals surface area contributed by atoms with Crippen LogP contribution in [0.15, 0.2) is 73.4 Å². The number of rotatable bonds is 5. The van der Waals surface area contributed by atoms with E-state index in [0.29, 0.717) is 22.6 Å². The summed E-state index contributed by atoms with van der Waals surface area (Å²) >= 11 is 0. The standard InChI is InChI=1S/C20H18N4O2/c1-3-19(25)21-17-12-8-7-11-16(17)20(26)22-18-13-24(23-14(18)2)15-9-5-4-6-10-15/h3-13H,1H2,2H3,(H,21,25)(H,22,26). The molecule has 0 unspecified atom stereocenters. The van der Waals surface area contributed by atoms with Crippen LogP contribution in [0.4, 0.5) is 11.4 Å². The van der Waals surface area contributed by atoms with Gasteiger partial charge in [-0.2, -0.15) is 5.10 Å². The van der Waals surface area contributed by atoms with E-state index in [2.05, 4.69) is 22.3 Å². The SMILES string of the molecule is C=CC(=O)Nc1ccccc1C(=O)Nc1cn(-c2ccccc2)nc1C. The van der Waals surface area contributed by atoms with E-state index < -0.39 is 0 Å². The van der Waals surface area contributed by atoms with Crippen molar-refractivity contribution in [2.24, 2.45) is 0 Å². The first-order chi connectivity index (χ1) is 12.6. The lowest BCUT2D eigenvalue weighted by Gasteiger charge is -2.09. The number of hydrogen-bond donors (Lipinski definition) is 2. The third-order valence-electron chi connectivity index (χ3n) is 3.78. The minimum atomic E-state index is -0.377. The Morgan fingerprint density at radius 3 is 2.42 bits per heavy atom. The molecule has 0 radical (unpaired) electrons. The molecule has 2 amide bonds. The van der Waals surface area contributed by atoms with Crippen molar-refractivity contribution >= 4 is 23.2 Å². The predicted molar refractivity (Wildman–Crippen MR) is 102 cm³/mol. The van der Waals surface area contributed by atoms with E-state index in [1.807, 2.05) is 37.3 Å². The molecule has 6 heteroatoms.